The summed E-state index contributed by atoms with van der Waals surface area (Å²) in [4.78, 5) is 10.7. The van der Waals surface area contributed by atoms with Gasteiger partial charge >= 0.3 is 0 Å². The molecule has 1 amide bonds. The molecule has 0 fully saturated rings. The second-order valence-corrected chi connectivity index (χ2v) is 3.20. The summed E-state index contributed by atoms with van der Waals surface area (Å²) in [5.41, 5.74) is 5.78. The summed E-state index contributed by atoms with van der Waals surface area (Å²) in [5, 5.41) is 19.2. The highest BCUT2D eigenvalue weighted by molar-refractivity contribution is 5.79. The lowest BCUT2D eigenvalue weighted by Crippen LogP contribution is -2.38. The molecule has 1 rings (SSSR count). The number of rotatable bonds is 6. The number of hydrogen-bond acceptors (Lipinski definition) is 5. The van der Waals surface area contributed by atoms with Crippen molar-refractivity contribution in [3.05, 3.63) is 11.9 Å². The molecule has 0 aliphatic heterocycles. The zero-order valence-corrected chi connectivity index (χ0v) is 8.55. The number of nitrogens with one attached hydrogen (secondary N) is 1. The molecule has 15 heavy (non-hydrogen) atoms. The number of hydrogen-bond donors (Lipinski definition) is 3. The van der Waals surface area contributed by atoms with Crippen molar-refractivity contribution in [3.63, 3.8) is 0 Å². The summed E-state index contributed by atoms with van der Waals surface area (Å²) < 4.78 is 1.53. The van der Waals surface area contributed by atoms with Crippen molar-refractivity contribution in [1.29, 1.82) is 0 Å². The van der Waals surface area contributed by atoms with Crippen LogP contribution in [0.5, 0.6) is 0 Å². The molecule has 1 aromatic heterocycles. The lowest BCUT2D eigenvalue weighted by molar-refractivity contribution is -0.119. The van der Waals surface area contributed by atoms with E-state index in [1.807, 2.05) is 0 Å². The van der Waals surface area contributed by atoms with Gasteiger partial charge in [0.05, 0.1) is 24.9 Å². The Labute approximate surface area is 87.3 Å². The summed E-state index contributed by atoms with van der Waals surface area (Å²) in [6, 6.07) is -0.395. The van der Waals surface area contributed by atoms with Crippen molar-refractivity contribution in [1.82, 2.24) is 20.3 Å². The number of aliphatic hydroxyl groups is 1. The third-order valence-electron chi connectivity index (χ3n) is 1.93. The summed E-state index contributed by atoms with van der Waals surface area (Å²) >= 11 is 0. The molecule has 1 atom stereocenters. The molecule has 0 aliphatic carbocycles. The monoisotopic (exact) mass is 213 g/mol. The quantitative estimate of drug-likeness (QED) is 0.518. The van der Waals surface area contributed by atoms with E-state index in [4.69, 9.17) is 10.8 Å². The van der Waals surface area contributed by atoms with Crippen molar-refractivity contribution >= 4 is 5.91 Å². The lowest BCUT2D eigenvalue weighted by Gasteiger charge is -2.07. The topological polar surface area (TPSA) is 106 Å². The second kappa shape index (κ2) is 5.42. The Bertz CT molecular complexity index is 325. The minimum absolute atomic E-state index is 0.0217. The molecular weight excluding hydrogens is 198 g/mol. The molecule has 0 saturated carbocycles. The van der Waals surface area contributed by atoms with E-state index in [1.165, 1.54) is 4.68 Å². The Morgan fingerprint density at radius 1 is 1.80 bits per heavy atom. The number of aliphatic hydroxyl groups excluding tert-OH is 1. The van der Waals surface area contributed by atoms with Gasteiger partial charge in [0.1, 0.15) is 0 Å². The summed E-state index contributed by atoms with van der Waals surface area (Å²) in [5.74, 6) is -0.405. The zero-order chi connectivity index (χ0) is 11.3. The number of carbonyl (C=O) groups excluding carboxylic acids is 1. The fourth-order valence-corrected chi connectivity index (χ4v) is 0.990. The number of aromatic nitrogens is 3. The first-order valence-electron chi connectivity index (χ1n) is 4.66. The Morgan fingerprint density at radius 2 is 2.53 bits per heavy atom. The molecule has 0 radical (unpaired) electrons. The predicted octanol–water partition coefficient (Wildman–Crippen LogP) is -1.77. The van der Waals surface area contributed by atoms with Gasteiger partial charge < -0.3 is 16.2 Å². The van der Waals surface area contributed by atoms with E-state index < -0.39 is 11.9 Å². The Morgan fingerprint density at radius 3 is 3.13 bits per heavy atom. The molecule has 0 aliphatic rings. The SMILES string of the molecule is CC(NCc1cn(CCO)nn1)C(N)=O. The van der Waals surface area contributed by atoms with E-state index in [1.54, 1.807) is 13.1 Å². The van der Waals surface area contributed by atoms with Crippen molar-refractivity contribution in [3.8, 4) is 0 Å². The maximum absolute atomic E-state index is 10.7. The number of primary amides is 1. The van der Waals surface area contributed by atoms with Crippen molar-refractivity contribution < 1.29 is 9.90 Å². The van der Waals surface area contributed by atoms with E-state index in [0.717, 1.165) is 0 Å². The molecule has 1 aromatic rings. The maximum atomic E-state index is 10.7. The predicted molar refractivity (Wildman–Crippen MR) is 52.6 cm³/mol. The van der Waals surface area contributed by atoms with Crippen LogP contribution in [0.2, 0.25) is 0 Å². The van der Waals surface area contributed by atoms with Crippen LogP contribution >= 0.6 is 0 Å². The number of carbonyl (C=O) groups is 1. The molecule has 0 aromatic carbocycles. The molecule has 0 bridgehead atoms. The highest BCUT2D eigenvalue weighted by atomic mass is 16.3. The van der Waals surface area contributed by atoms with Gasteiger partial charge in [0.15, 0.2) is 0 Å². The summed E-state index contributed by atoms with van der Waals surface area (Å²) in [7, 11) is 0. The Balaban J connectivity index is 2.40. The van der Waals surface area contributed by atoms with Crippen molar-refractivity contribution in [2.45, 2.75) is 26.1 Å². The van der Waals surface area contributed by atoms with Crippen LogP contribution in [0.4, 0.5) is 0 Å². The van der Waals surface area contributed by atoms with E-state index in [0.29, 0.717) is 18.8 Å². The highest BCUT2D eigenvalue weighted by Crippen LogP contribution is 1.93. The van der Waals surface area contributed by atoms with Crippen molar-refractivity contribution in [2.24, 2.45) is 5.73 Å². The van der Waals surface area contributed by atoms with Crippen LogP contribution in [0.3, 0.4) is 0 Å². The van der Waals surface area contributed by atoms with E-state index in [2.05, 4.69) is 15.6 Å². The van der Waals surface area contributed by atoms with Crippen LogP contribution in [-0.4, -0.2) is 38.7 Å². The molecule has 4 N–H and O–H groups in total. The van der Waals surface area contributed by atoms with E-state index in [9.17, 15) is 4.79 Å². The van der Waals surface area contributed by atoms with Crippen LogP contribution in [-0.2, 0) is 17.9 Å². The van der Waals surface area contributed by atoms with E-state index >= 15 is 0 Å². The second-order valence-electron chi connectivity index (χ2n) is 3.20. The van der Waals surface area contributed by atoms with Gasteiger partial charge in [0, 0.05) is 12.7 Å². The standard InChI is InChI=1S/C8H15N5O2/c1-6(8(9)15)10-4-7-5-13(2-3-14)12-11-7/h5-6,10,14H,2-4H2,1H3,(H2,9,15). The average Bonchev–Trinajstić information content (AvgIpc) is 2.62. The molecular formula is C8H15N5O2. The van der Waals surface area contributed by atoms with Gasteiger partial charge in [-0.2, -0.15) is 0 Å². The molecule has 84 valence electrons. The fourth-order valence-electron chi connectivity index (χ4n) is 0.990. The first kappa shape index (κ1) is 11.6. The minimum atomic E-state index is -0.405. The molecule has 0 spiro atoms. The molecule has 7 heteroatoms. The van der Waals surface area contributed by atoms with Gasteiger partial charge in [0.2, 0.25) is 5.91 Å². The van der Waals surface area contributed by atoms with Gasteiger partial charge in [-0.15, -0.1) is 5.10 Å². The van der Waals surface area contributed by atoms with Gasteiger partial charge in [-0.05, 0) is 6.92 Å². The zero-order valence-electron chi connectivity index (χ0n) is 8.55. The molecule has 0 saturated heterocycles. The average molecular weight is 213 g/mol. The normalized spacial score (nSPS) is 12.7. The largest absolute Gasteiger partial charge is 0.394 e. The molecule has 7 nitrogen and oxygen atoms in total. The smallest absolute Gasteiger partial charge is 0.234 e. The summed E-state index contributed by atoms with van der Waals surface area (Å²) in [6.45, 7) is 2.54. The lowest BCUT2D eigenvalue weighted by atomic mass is 10.3. The Hall–Kier alpha value is -1.47. The fraction of sp³-hybridized carbons (Fsp3) is 0.625. The maximum Gasteiger partial charge on any atom is 0.234 e. The highest BCUT2D eigenvalue weighted by Gasteiger charge is 2.08. The molecule has 1 unspecified atom stereocenters. The van der Waals surface area contributed by atoms with Crippen LogP contribution < -0.4 is 11.1 Å². The number of nitrogens with two attached hydrogens (primary N) is 1. The third-order valence-corrected chi connectivity index (χ3v) is 1.93. The van der Waals surface area contributed by atoms with Gasteiger partial charge in [-0.25, -0.2) is 4.68 Å². The van der Waals surface area contributed by atoms with Gasteiger partial charge in [-0.1, -0.05) is 5.21 Å². The van der Waals surface area contributed by atoms with Gasteiger partial charge in [0.25, 0.3) is 0 Å². The van der Waals surface area contributed by atoms with Crippen molar-refractivity contribution in [2.75, 3.05) is 6.61 Å². The van der Waals surface area contributed by atoms with E-state index in [-0.39, 0.29) is 6.61 Å². The first-order chi connectivity index (χ1) is 7.13. The van der Waals surface area contributed by atoms with Gasteiger partial charge in [-0.3, -0.25) is 4.79 Å². The van der Waals surface area contributed by atoms with Crippen LogP contribution in [0, 0.1) is 0 Å². The Kier molecular flexibility index (Phi) is 4.19. The van der Waals surface area contributed by atoms with Crippen LogP contribution in [0.15, 0.2) is 6.20 Å². The number of nitrogens with zero attached hydrogens (tertiary/aromatic N) is 3. The minimum Gasteiger partial charge on any atom is -0.394 e. The molecule has 1 heterocycles. The van der Waals surface area contributed by atoms with Crippen LogP contribution in [0.25, 0.3) is 0 Å². The third kappa shape index (κ3) is 3.64. The first-order valence-corrected chi connectivity index (χ1v) is 4.66. The summed E-state index contributed by atoms with van der Waals surface area (Å²) in [6.07, 6.45) is 1.71. The number of amides is 1. The van der Waals surface area contributed by atoms with Crippen LogP contribution in [0.1, 0.15) is 12.6 Å².